The second kappa shape index (κ2) is 5.97. The number of sulfone groups is 1. The van der Waals surface area contributed by atoms with Crippen LogP contribution in [0.25, 0.3) is 0 Å². The Morgan fingerprint density at radius 3 is 2.45 bits per heavy atom. The summed E-state index contributed by atoms with van der Waals surface area (Å²) in [5.41, 5.74) is -0.0709. The summed E-state index contributed by atoms with van der Waals surface area (Å²) in [5.74, 6) is -1.32. The average molecular weight is 440 g/mol. The van der Waals surface area contributed by atoms with Crippen molar-refractivity contribution in [2.75, 3.05) is 0 Å². The number of halogens is 2. The van der Waals surface area contributed by atoms with Gasteiger partial charge in [-0.2, -0.15) is 0 Å². The number of benzene rings is 1. The highest BCUT2D eigenvalue weighted by Crippen LogP contribution is 2.27. The summed E-state index contributed by atoms with van der Waals surface area (Å²) < 4.78 is 25.8. The summed E-state index contributed by atoms with van der Waals surface area (Å²) in [4.78, 5) is 11.7. The number of carboxylic acids is 1. The molecule has 0 bridgehead atoms. The maximum Gasteiger partial charge on any atom is 0.336 e. The number of rotatable bonds is 4. The zero-order valence-electron chi connectivity index (χ0n) is 9.84. The molecule has 0 aliphatic carbocycles. The van der Waals surface area contributed by atoms with E-state index in [4.69, 9.17) is 5.11 Å². The van der Waals surface area contributed by atoms with Gasteiger partial charge in [-0.15, -0.1) is 11.3 Å². The number of aromatic carboxylic acids is 1. The van der Waals surface area contributed by atoms with Gasteiger partial charge >= 0.3 is 5.97 Å². The van der Waals surface area contributed by atoms with Gasteiger partial charge in [-0.05, 0) is 62.2 Å². The molecule has 0 aliphatic heterocycles. The molecule has 0 radical (unpaired) electrons. The topological polar surface area (TPSA) is 71.4 Å². The highest BCUT2D eigenvalue weighted by Gasteiger charge is 2.19. The van der Waals surface area contributed by atoms with E-state index in [1.807, 2.05) is 0 Å². The van der Waals surface area contributed by atoms with Crippen LogP contribution >= 0.6 is 43.2 Å². The van der Waals surface area contributed by atoms with E-state index >= 15 is 0 Å². The normalized spacial score (nSPS) is 11.5. The molecule has 2 aromatic rings. The molecule has 2 rings (SSSR count). The Labute approximate surface area is 136 Å². The Morgan fingerprint density at radius 2 is 1.90 bits per heavy atom. The molecule has 1 aromatic carbocycles. The minimum Gasteiger partial charge on any atom is -0.478 e. The number of thiophene rings is 1. The first kappa shape index (κ1) is 15.7. The van der Waals surface area contributed by atoms with Crippen LogP contribution in [0.1, 0.15) is 15.2 Å². The summed E-state index contributed by atoms with van der Waals surface area (Å²) in [5, 5.41) is 9.02. The molecule has 0 fully saturated rings. The van der Waals surface area contributed by atoms with E-state index in [2.05, 4.69) is 31.9 Å². The van der Waals surface area contributed by atoms with Crippen molar-refractivity contribution in [3.8, 4) is 0 Å². The van der Waals surface area contributed by atoms with Gasteiger partial charge < -0.3 is 5.11 Å². The lowest BCUT2D eigenvalue weighted by atomic mass is 10.2. The molecular weight excluding hydrogens is 432 g/mol. The first-order valence-electron chi connectivity index (χ1n) is 5.29. The van der Waals surface area contributed by atoms with Crippen LogP contribution in [0.3, 0.4) is 0 Å². The van der Waals surface area contributed by atoms with Gasteiger partial charge in [0.15, 0.2) is 9.84 Å². The lowest BCUT2D eigenvalue weighted by Gasteiger charge is -2.05. The van der Waals surface area contributed by atoms with Gasteiger partial charge in [-0.25, -0.2) is 13.2 Å². The molecular formula is C12H8Br2O4S2. The first-order valence-corrected chi connectivity index (χ1v) is 9.35. The number of hydrogen-bond acceptors (Lipinski definition) is 4. The lowest BCUT2D eigenvalue weighted by Crippen LogP contribution is -2.06. The van der Waals surface area contributed by atoms with Gasteiger partial charge in [0.2, 0.25) is 0 Å². The van der Waals surface area contributed by atoms with Gasteiger partial charge in [0.05, 0.1) is 20.0 Å². The predicted molar refractivity (Wildman–Crippen MR) is 84.0 cm³/mol. The van der Waals surface area contributed by atoms with Gasteiger partial charge in [-0.3, -0.25) is 0 Å². The van der Waals surface area contributed by atoms with Gasteiger partial charge in [0.25, 0.3) is 0 Å². The van der Waals surface area contributed by atoms with Crippen molar-refractivity contribution in [3.63, 3.8) is 0 Å². The maximum atomic E-state index is 12.3. The monoisotopic (exact) mass is 438 g/mol. The predicted octanol–water partition coefficient (Wildman–Crippen LogP) is 3.95. The molecule has 4 nitrogen and oxygen atoms in total. The van der Waals surface area contributed by atoms with Crippen molar-refractivity contribution in [1.82, 2.24) is 0 Å². The molecule has 1 aromatic heterocycles. The molecule has 0 aliphatic rings. The summed E-state index contributed by atoms with van der Waals surface area (Å²) in [6.07, 6.45) is 0. The van der Waals surface area contributed by atoms with Crippen molar-refractivity contribution in [1.29, 1.82) is 0 Å². The van der Waals surface area contributed by atoms with E-state index in [1.54, 1.807) is 12.1 Å². The Hall–Kier alpha value is -0.700. The summed E-state index contributed by atoms with van der Waals surface area (Å²) in [6.45, 7) is 0. The van der Waals surface area contributed by atoms with Crippen LogP contribution in [0, 0.1) is 0 Å². The molecule has 0 spiro atoms. The molecule has 1 N–H and O–H groups in total. The first-order chi connectivity index (χ1) is 9.29. The van der Waals surface area contributed by atoms with Crippen LogP contribution in [-0.4, -0.2) is 19.5 Å². The van der Waals surface area contributed by atoms with Crippen molar-refractivity contribution in [3.05, 3.63) is 49.0 Å². The van der Waals surface area contributed by atoms with Crippen LogP contribution in [0.2, 0.25) is 0 Å². The van der Waals surface area contributed by atoms with E-state index in [-0.39, 0.29) is 16.2 Å². The van der Waals surface area contributed by atoms with Crippen LogP contribution in [0.4, 0.5) is 0 Å². The number of carboxylic acid groups (broad SMARTS) is 1. The van der Waals surface area contributed by atoms with Crippen molar-refractivity contribution < 1.29 is 18.3 Å². The zero-order chi connectivity index (χ0) is 14.9. The van der Waals surface area contributed by atoms with E-state index in [0.717, 1.165) is 3.79 Å². The van der Waals surface area contributed by atoms with Gasteiger partial charge in [0, 0.05) is 9.35 Å². The third-order valence-electron chi connectivity index (χ3n) is 2.49. The molecule has 0 saturated heterocycles. The second-order valence-corrected chi connectivity index (χ2v) is 9.30. The van der Waals surface area contributed by atoms with Crippen LogP contribution < -0.4 is 0 Å². The standard InChI is InChI=1S/C12H8Br2O4S2/c13-10-3-2-8(5-9(10)12(15)16)20(17,18)6-7-1-4-11(14)19-7/h1-5H,6H2,(H,15,16). The number of hydrogen-bond donors (Lipinski definition) is 1. The SMILES string of the molecule is O=C(O)c1cc(S(=O)(=O)Cc2ccc(Br)s2)ccc1Br. The molecule has 0 atom stereocenters. The summed E-state index contributed by atoms with van der Waals surface area (Å²) in [6, 6.07) is 7.50. The lowest BCUT2D eigenvalue weighted by molar-refractivity contribution is 0.0695. The fourth-order valence-corrected chi connectivity index (χ4v) is 5.17. The Balaban J connectivity index is 2.39. The van der Waals surface area contributed by atoms with Crippen molar-refractivity contribution in [2.24, 2.45) is 0 Å². The minimum atomic E-state index is -3.57. The summed E-state index contributed by atoms with van der Waals surface area (Å²) in [7, 11) is -3.57. The van der Waals surface area contributed by atoms with E-state index in [1.165, 1.54) is 29.5 Å². The minimum absolute atomic E-state index is 0.00243. The quantitative estimate of drug-likeness (QED) is 0.782. The van der Waals surface area contributed by atoms with Crippen LogP contribution in [0.5, 0.6) is 0 Å². The summed E-state index contributed by atoms with van der Waals surface area (Å²) >= 11 is 7.70. The Bertz CT molecular complexity index is 766. The van der Waals surface area contributed by atoms with E-state index < -0.39 is 15.8 Å². The largest absolute Gasteiger partial charge is 0.478 e. The zero-order valence-corrected chi connectivity index (χ0v) is 14.6. The smallest absolute Gasteiger partial charge is 0.336 e. The second-order valence-electron chi connectivity index (χ2n) is 3.91. The van der Waals surface area contributed by atoms with Crippen molar-refractivity contribution in [2.45, 2.75) is 10.6 Å². The Kier molecular flexibility index (Phi) is 4.68. The molecule has 8 heteroatoms. The molecule has 0 amide bonds. The van der Waals surface area contributed by atoms with E-state index in [9.17, 15) is 13.2 Å². The van der Waals surface area contributed by atoms with Gasteiger partial charge in [-0.1, -0.05) is 0 Å². The average Bonchev–Trinajstić information content (AvgIpc) is 2.73. The van der Waals surface area contributed by atoms with Crippen molar-refractivity contribution >= 4 is 59.0 Å². The fraction of sp³-hybridized carbons (Fsp3) is 0.0833. The fourth-order valence-electron chi connectivity index (χ4n) is 1.56. The third kappa shape index (κ3) is 3.49. The number of carbonyl (C=O) groups is 1. The molecule has 0 unspecified atom stereocenters. The Morgan fingerprint density at radius 1 is 1.20 bits per heavy atom. The highest BCUT2D eigenvalue weighted by molar-refractivity contribution is 9.11. The highest BCUT2D eigenvalue weighted by atomic mass is 79.9. The van der Waals surface area contributed by atoms with Gasteiger partial charge in [0.1, 0.15) is 0 Å². The molecule has 20 heavy (non-hydrogen) atoms. The maximum absolute atomic E-state index is 12.3. The molecule has 1 heterocycles. The molecule has 0 saturated carbocycles. The molecule has 106 valence electrons. The van der Waals surface area contributed by atoms with Crippen LogP contribution in [0.15, 0.2) is 43.5 Å². The van der Waals surface area contributed by atoms with Crippen LogP contribution in [-0.2, 0) is 15.6 Å². The van der Waals surface area contributed by atoms with E-state index in [0.29, 0.717) is 9.35 Å². The third-order valence-corrected chi connectivity index (χ3v) is 6.65.